The lowest BCUT2D eigenvalue weighted by atomic mass is 9.84. The number of halogens is 2. The van der Waals surface area contributed by atoms with E-state index < -0.39 is 12.0 Å². The third-order valence-corrected chi connectivity index (χ3v) is 3.76. The first-order chi connectivity index (χ1) is 9.72. The predicted molar refractivity (Wildman–Crippen MR) is 83.1 cm³/mol. The fourth-order valence-electron chi connectivity index (χ4n) is 1.67. The number of nitrogens with one attached hydrogen (secondary N) is 2. The van der Waals surface area contributed by atoms with Crippen LogP contribution < -0.4 is 10.6 Å². The van der Waals surface area contributed by atoms with Gasteiger partial charge in [0.15, 0.2) is 0 Å². The van der Waals surface area contributed by atoms with Crippen LogP contribution in [0.15, 0.2) is 18.2 Å². The molecule has 3 N–H and O–H groups in total. The first kappa shape index (κ1) is 17.6. The van der Waals surface area contributed by atoms with E-state index >= 15 is 0 Å². The van der Waals surface area contributed by atoms with Gasteiger partial charge >= 0.3 is 12.0 Å². The summed E-state index contributed by atoms with van der Waals surface area (Å²) in [5, 5.41) is 14.6. The fraction of sp³-hybridized carbons (Fsp3) is 0.429. The SMILES string of the molecule is CC(C)(CNC(=O)NCCC(=O)O)c1ccc(Cl)c(Cl)c1. The zero-order valence-corrected chi connectivity index (χ0v) is 13.4. The lowest BCUT2D eigenvalue weighted by Crippen LogP contribution is -2.42. The molecule has 0 saturated heterocycles. The second-order valence-electron chi connectivity index (χ2n) is 5.27. The lowest BCUT2D eigenvalue weighted by molar-refractivity contribution is -0.136. The van der Waals surface area contributed by atoms with Gasteiger partial charge in [-0.15, -0.1) is 0 Å². The number of carbonyl (C=O) groups excluding carboxylic acids is 1. The number of carbonyl (C=O) groups is 2. The molecule has 1 aromatic rings. The van der Waals surface area contributed by atoms with Crippen LogP contribution in [-0.2, 0) is 10.2 Å². The van der Waals surface area contributed by atoms with Crippen molar-refractivity contribution in [1.29, 1.82) is 0 Å². The molecule has 116 valence electrons. The molecule has 0 aromatic heterocycles. The van der Waals surface area contributed by atoms with Crippen LogP contribution in [0.4, 0.5) is 4.79 Å². The molecule has 1 aromatic carbocycles. The summed E-state index contributed by atoms with van der Waals surface area (Å²) >= 11 is 11.9. The monoisotopic (exact) mass is 332 g/mol. The van der Waals surface area contributed by atoms with E-state index in [4.69, 9.17) is 28.3 Å². The summed E-state index contributed by atoms with van der Waals surface area (Å²) in [6.07, 6.45) is -0.108. The second-order valence-corrected chi connectivity index (χ2v) is 6.08. The van der Waals surface area contributed by atoms with Crippen LogP contribution in [0.1, 0.15) is 25.8 Å². The topological polar surface area (TPSA) is 78.4 Å². The molecule has 0 fully saturated rings. The predicted octanol–water partition coefficient (Wildman–Crippen LogP) is 3.04. The zero-order valence-electron chi connectivity index (χ0n) is 11.9. The molecule has 0 aliphatic rings. The van der Waals surface area contributed by atoms with Gasteiger partial charge in [-0.05, 0) is 17.7 Å². The number of carboxylic acids is 1. The van der Waals surface area contributed by atoms with Gasteiger partial charge in [0.1, 0.15) is 0 Å². The second kappa shape index (κ2) is 7.52. The Balaban J connectivity index is 2.54. The molecule has 21 heavy (non-hydrogen) atoms. The van der Waals surface area contributed by atoms with Gasteiger partial charge in [0.2, 0.25) is 0 Å². The Morgan fingerprint density at radius 3 is 2.43 bits per heavy atom. The van der Waals surface area contributed by atoms with Crippen molar-refractivity contribution in [3.8, 4) is 0 Å². The minimum Gasteiger partial charge on any atom is -0.481 e. The third-order valence-electron chi connectivity index (χ3n) is 3.02. The largest absolute Gasteiger partial charge is 0.481 e. The summed E-state index contributed by atoms with van der Waals surface area (Å²) in [6.45, 7) is 4.40. The summed E-state index contributed by atoms with van der Waals surface area (Å²) < 4.78 is 0. The summed E-state index contributed by atoms with van der Waals surface area (Å²) in [5.41, 5.74) is 0.612. The summed E-state index contributed by atoms with van der Waals surface area (Å²) in [7, 11) is 0. The third kappa shape index (κ3) is 5.81. The van der Waals surface area contributed by atoms with Crippen molar-refractivity contribution in [3.05, 3.63) is 33.8 Å². The van der Waals surface area contributed by atoms with Crippen molar-refractivity contribution in [1.82, 2.24) is 10.6 Å². The molecule has 0 atom stereocenters. The normalized spacial score (nSPS) is 11.0. The lowest BCUT2D eigenvalue weighted by Gasteiger charge is -2.26. The highest BCUT2D eigenvalue weighted by Gasteiger charge is 2.22. The Morgan fingerprint density at radius 2 is 1.86 bits per heavy atom. The summed E-state index contributed by atoms with van der Waals surface area (Å²) in [6, 6.07) is 4.95. The van der Waals surface area contributed by atoms with E-state index in [9.17, 15) is 9.59 Å². The number of carboxylic acid groups (broad SMARTS) is 1. The Hall–Kier alpha value is -1.46. The van der Waals surface area contributed by atoms with Gasteiger partial charge in [0.05, 0.1) is 16.5 Å². The number of benzene rings is 1. The molecule has 0 radical (unpaired) electrons. The molecular formula is C14H18Cl2N2O3. The van der Waals surface area contributed by atoms with Crippen LogP contribution in [0.2, 0.25) is 10.0 Å². The van der Waals surface area contributed by atoms with Crippen LogP contribution in [0, 0.1) is 0 Å². The molecule has 0 bridgehead atoms. The van der Waals surface area contributed by atoms with Crippen LogP contribution in [0.5, 0.6) is 0 Å². The molecule has 0 heterocycles. The van der Waals surface area contributed by atoms with Gasteiger partial charge < -0.3 is 15.7 Å². The van der Waals surface area contributed by atoms with E-state index in [-0.39, 0.29) is 18.4 Å². The molecule has 0 aliphatic carbocycles. The highest BCUT2D eigenvalue weighted by molar-refractivity contribution is 6.42. The van der Waals surface area contributed by atoms with Crippen LogP contribution >= 0.6 is 23.2 Å². The molecule has 0 spiro atoms. The van der Waals surface area contributed by atoms with Crippen molar-refractivity contribution in [2.45, 2.75) is 25.7 Å². The van der Waals surface area contributed by atoms with E-state index in [2.05, 4.69) is 10.6 Å². The standard InChI is InChI=1S/C14H18Cl2N2O3/c1-14(2,9-3-4-10(15)11(16)7-9)8-18-13(21)17-6-5-12(19)20/h3-4,7H,5-6,8H2,1-2H3,(H,19,20)(H2,17,18,21). The molecule has 0 aliphatic heterocycles. The summed E-state index contributed by atoms with van der Waals surface area (Å²) in [4.78, 5) is 21.9. The fourth-order valence-corrected chi connectivity index (χ4v) is 1.96. The van der Waals surface area contributed by atoms with E-state index in [0.717, 1.165) is 5.56 Å². The van der Waals surface area contributed by atoms with Gasteiger partial charge in [-0.1, -0.05) is 43.1 Å². The van der Waals surface area contributed by atoms with E-state index in [1.807, 2.05) is 19.9 Å². The molecule has 5 nitrogen and oxygen atoms in total. The van der Waals surface area contributed by atoms with Crippen molar-refractivity contribution >= 4 is 35.2 Å². The molecule has 0 saturated carbocycles. The van der Waals surface area contributed by atoms with Crippen LogP contribution in [0.25, 0.3) is 0 Å². The first-order valence-electron chi connectivity index (χ1n) is 6.41. The Kier molecular flexibility index (Phi) is 6.30. The molecule has 7 heteroatoms. The maximum absolute atomic E-state index is 11.6. The van der Waals surface area contributed by atoms with Gasteiger partial charge in [0, 0.05) is 18.5 Å². The number of hydrogen-bond donors (Lipinski definition) is 3. The number of hydrogen-bond acceptors (Lipinski definition) is 2. The average Bonchev–Trinajstić information content (AvgIpc) is 2.39. The minimum atomic E-state index is -0.952. The van der Waals surface area contributed by atoms with E-state index in [1.54, 1.807) is 12.1 Å². The van der Waals surface area contributed by atoms with E-state index in [0.29, 0.717) is 16.6 Å². The maximum Gasteiger partial charge on any atom is 0.314 e. The number of urea groups is 1. The quantitative estimate of drug-likeness (QED) is 0.749. The average molecular weight is 333 g/mol. The Labute approximate surface area is 133 Å². The highest BCUT2D eigenvalue weighted by atomic mass is 35.5. The molecular weight excluding hydrogens is 315 g/mol. The van der Waals surface area contributed by atoms with Gasteiger partial charge in [-0.25, -0.2) is 4.79 Å². The zero-order chi connectivity index (χ0) is 16.0. The Morgan fingerprint density at radius 1 is 1.19 bits per heavy atom. The highest BCUT2D eigenvalue weighted by Crippen LogP contribution is 2.29. The van der Waals surface area contributed by atoms with Crippen molar-refractivity contribution in [2.24, 2.45) is 0 Å². The summed E-state index contributed by atoms with van der Waals surface area (Å²) in [5.74, 6) is -0.952. The maximum atomic E-state index is 11.6. The van der Waals surface area contributed by atoms with Crippen molar-refractivity contribution in [2.75, 3.05) is 13.1 Å². The number of aliphatic carboxylic acids is 1. The smallest absolute Gasteiger partial charge is 0.314 e. The minimum absolute atomic E-state index is 0.0916. The van der Waals surface area contributed by atoms with Crippen molar-refractivity contribution in [3.63, 3.8) is 0 Å². The Bertz CT molecular complexity index is 533. The molecule has 1 rings (SSSR count). The van der Waals surface area contributed by atoms with Crippen LogP contribution in [0.3, 0.4) is 0 Å². The first-order valence-corrected chi connectivity index (χ1v) is 7.17. The van der Waals surface area contributed by atoms with E-state index in [1.165, 1.54) is 0 Å². The number of rotatable bonds is 6. The van der Waals surface area contributed by atoms with Gasteiger partial charge in [0.25, 0.3) is 0 Å². The molecule has 2 amide bonds. The van der Waals surface area contributed by atoms with Crippen LogP contribution in [-0.4, -0.2) is 30.2 Å². The van der Waals surface area contributed by atoms with Gasteiger partial charge in [-0.3, -0.25) is 4.79 Å². The molecule has 0 unspecified atom stereocenters. The van der Waals surface area contributed by atoms with Crippen molar-refractivity contribution < 1.29 is 14.7 Å². The van der Waals surface area contributed by atoms with Gasteiger partial charge in [-0.2, -0.15) is 0 Å². The number of amides is 2.